The minimum absolute atomic E-state index is 0.0568. The molecule has 21 heavy (non-hydrogen) atoms. The predicted molar refractivity (Wildman–Crippen MR) is 82.0 cm³/mol. The van der Waals surface area contributed by atoms with E-state index in [1.54, 1.807) is 0 Å². The number of nitrogens with zero attached hydrogens (tertiary/aromatic N) is 1. The molecule has 5 heteroatoms. The Balaban J connectivity index is 1.63. The Hall–Kier alpha value is -0.810. The second-order valence-electron chi connectivity index (χ2n) is 6.57. The molecular formula is C16H22ClNO3. The Bertz CT molecular complexity index is 520. The lowest BCUT2D eigenvalue weighted by Gasteiger charge is -2.42. The van der Waals surface area contributed by atoms with E-state index >= 15 is 0 Å². The molecule has 2 unspecified atom stereocenters. The molecule has 1 N–H and O–H groups in total. The summed E-state index contributed by atoms with van der Waals surface area (Å²) in [6.07, 6.45) is 0.913. The van der Waals surface area contributed by atoms with Crippen LogP contribution in [-0.2, 0) is 11.2 Å². The van der Waals surface area contributed by atoms with Crippen LogP contribution in [-0.4, -0.2) is 54.1 Å². The largest absolute Gasteiger partial charge is 0.488 e. The van der Waals surface area contributed by atoms with E-state index < -0.39 is 0 Å². The molecule has 2 atom stereocenters. The van der Waals surface area contributed by atoms with Crippen molar-refractivity contribution in [3.8, 4) is 5.75 Å². The van der Waals surface area contributed by atoms with Crippen LogP contribution < -0.4 is 4.74 Å². The first-order valence-corrected chi connectivity index (χ1v) is 7.79. The molecule has 1 fully saturated rings. The van der Waals surface area contributed by atoms with Crippen molar-refractivity contribution >= 4 is 11.6 Å². The fraction of sp³-hybridized carbons (Fsp3) is 0.625. The lowest BCUT2D eigenvalue weighted by atomic mass is 10.0. The number of rotatable bonds is 3. The minimum Gasteiger partial charge on any atom is -0.488 e. The van der Waals surface area contributed by atoms with Crippen molar-refractivity contribution in [2.24, 2.45) is 0 Å². The Morgan fingerprint density at radius 1 is 1.38 bits per heavy atom. The monoisotopic (exact) mass is 311 g/mol. The summed E-state index contributed by atoms with van der Waals surface area (Å²) in [5.74, 6) is 0.940. The van der Waals surface area contributed by atoms with Crippen molar-refractivity contribution in [3.63, 3.8) is 0 Å². The van der Waals surface area contributed by atoms with Crippen LogP contribution in [0, 0.1) is 0 Å². The highest BCUT2D eigenvalue weighted by Gasteiger charge is 2.35. The van der Waals surface area contributed by atoms with Gasteiger partial charge in [0.2, 0.25) is 0 Å². The van der Waals surface area contributed by atoms with Crippen LogP contribution in [0.5, 0.6) is 5.75 Å². The SMILES string of the molecule is CC1(C)CN(CC2Cc3cc(Cl)ccc3O2)CC(CO)O1. The molecule has 2 aliphatic heterocycles. The van der Waals surface area contributed by atoms with Gasteiger partial charge in [0.1, 0.15) is 11.9 Å². The molecule has 0 bridgehead atoms. The van der Waals surface area contributed by atoms with Gasteiger partial charge in [-0.25, -0.2) is 0 Å². The fourth-order valence-corrected chi connectivity index (χ4v) is 3.52. The quantitative estimate of drug-likeness (QED) is 0.928. The molecule has 0 aliphatic carbocycles. The summed E-state index contributed by atoms with van der Waals surface area (Å²) in [4.78, 5) is 2.32. The molecule has 1 saturated heterocycles. The highest BCUT2D eigenvalue weighted by molar-refractivity contribution is 6.30. The van der Waals surface area contributed by atoms with Gasteiger partial charge in [0.05, 0.1) is 18.3 Å². The van der Waals surface area contributed by atoms with E-state index in [1.807, 2.05) is 18.2 Å². The average Bonchev–Trinajstić information content (AvgIpc) is 2.77. The minimum atomic E-state index is -0.236. The summed E-state index contributed by atoms with van der Waals surface area (Å²) in [5.41, 5.74) is 0.944. The van der Waals surface area contributed by atoms with Gasteiger partial charge in [-0.1, -0.05) is 11.6 Å². The summed E-state index contributed by atoms with van der Waals surface area (Å²) in [6.45, 7) is 6.62. The number of benzene rings is 1. The number of halogens is 1. The second kappa shape index (κ2) is 5.76. The van der Waals surface area contributed by atoms with Crippen LogP contribution in [0.2, 0.25) is 5.02 Å². The van der Waals surface area contributed by atoms with Crippen molar-refractivity contribution < 1.29 is 14.6 Å². The highest BCUT2D eigenvalue weighted by Crippen LogP contribution is 2.32. The van der Waals surface area contributed by atoms with E-state index in [4.69, 9.17) is 21.1 Å². The molecule has 0 radical (unpaired) electrons. The smallest absolute Gasteiger partial charge is 0.123 e. The van der Waals surface area contributed by atoms with Crippen LogP contribution in [0.1, 0.15) is 19.4 Å². The summed E-state index contributed by atoms with van der Waals surface area (Å²) in [7, 11) is 0. The van der Waals surface area contributed by atoms with E-state index in [1.165, 1.54) is 5.56 Å². The van der Waals surface area contributed by atoms with E-state index in [0.29, 0.717) is 0 Å². The van der Waals surface area contributed by atoms with Gasteiger partial charge in [-0.15, -0.1) is 0 Å². The zero-order chi connectivity index (χ0) is 15.0. The molecule has 2 aliphatic rings. The van der Waals surface area contributed by atoms with Crippen molar-refractivity contribution in [2.45, 2.75) is 38.1 Å². The third-order valence-corrected chi connectivity index (χ3v) is 4.22. The summed E-state index contributed by atoms with van der Waals surface area (Å²) < 4.78 is 11.8. The lowest BCUT2D eigenvalue weighted by molar-refractivity contribution is -0.151. The topological polar surface area (TPSA) is 41.9 Å². The number of hydrogen-bond donors (Lipinski definition) is 1. The van der Waals surface area contributed by atoms with Gasteiger partial charge in [-0.3, -0.25) is 4.90 Å². The van der Waals surface area contributed by atoms with Gasteiger partial charge in [-0.2, -0.15) is 0 Å². The summed E-state index contributed by atoms with van der Waals surface area (Å²) in [5, 5.41) is 10.1. The van der Waals surface area contributed by atoms with Gasteiger partial charge in [0.25, 0.3) is 0 Å². The van der Waals surface area contributed by atoms with E-state index in [0.717, 1.165) is 36.8 Å². The Labute approximate surface area is 130 Å². The van der Waals surface area contributed by atoms with Gasteiger partial charge in [0, 0.05) is 31.1 Å². The van der Waals surface area contributed by atoms with Gasteiger partial charge in [-0.05, 0) is 37.6 Å². The number of fused-ring (bicyclic) bond motifs is 1. The van der Waals surface area contributed by atoms with E-state index in [2.05, 4.69) is 18.7 Å². The van der Waals surface area contributed by atoms with Gasteiger partial charge < -0.3 is 14.6 Å². The molecule has 116 valence electrons. The molecule has 1 aromatic carbocycles. The third kappa shape index (κ3) is 3.51. The van der Waals surface area contributed by atoms with Crippen LogP contribution in [0.4, 0.5) is 0 Å². The maximum Gasteiger partial charge on any atom is 0.123 e. The average molecular weight is 312 g/mol. The summed E-state index contributed by atoms with van der Waals surface area (Å²) in [6, 6.07) is 5.79. The van der Waals surface area contributed by atoms with Crippen LogP contribution in [0.3, 0.4) is 0 Å². The van der Waals surface area contributed by atoms with Gasteiger partial charge in [0.15, 0.2) is 0 Å². The first-order chi connectivity index (χ1) is 9.95. The van der Waals surface area contributed by atoms with Crippen molar-refractivity contribution in [2.75, 3.05) is 26.2 Å². The number of aliphatic hydroxyl groups excluding tert-OH is 1. The van der Waals surface area contributed by atoms with Crippen molar-refractivity contribution in [1.82, 2.24) is 4.90 Å². The standard InChI is InChI=1S/C16H22ClNO3/c1-16(2)10-18(8-14(9-19)21-16)7-13-6-11-5-12(17)3-4-15(11)20-13/h3-5,13-14,19H,6-10H2,1-2H3. The first kappa shape index (κ1) is 15.1. The zero-order valence-corrected chi connectivity index (χ0v) is 13.3. The van der Waals surface area contributed by atoms with Crippen molar-refractivity contribution in [3.05, 3.63) is 28.8 Å². The molecule has 0 saturated carbocycles. The summed E-state index contributed by atoms with van der Waals surface area (Å²) >= 11 is 6.03. The first-order valence-electron chi connectivity index (χ1n) is 7.41. The number of hydrogen-bond acceptors (Lipinski definition) is 4. The third-order valence-electron chi connectivity index (χ3n) is 3.98. The van der Waals surface area contributed by atoms with Crippen LogP contribution in [0.25, 0.3) is 0 Å². The molecule has 0 amide bonds. The molecule has 3 rings (SSSR count). The molecular weight excluding hydrogens is 290 g/mol. The van der Waals surface area contributed by atoms with Crippen LogP contribution >= 0.6 is 11.6 Å². The molecule has 2 heterocycles. The number of morpholine rings is 1. The van der Waals surface area contributed by atoms with Crippen molar-refractivity contribution in [1.29, 1.82) is 0 Å². The predicted octanol–water partition coefficient (Wildman–Crippen LogP) is 2.12. The highest BCUT2D eigenvalue weighted by atomic mass is 35.5. The fourth-order valence-electron chi connectivity index (χ4n) is 3.33. The Morgan fingerprint density at radius 2 is 2.19 bits per heavy atom. The maximum absolute atomic E-state index is 9.38. The zero-order valence-electron chi connectivity index (χ0n) is 12.5. The van der Waals surface area contributed by atoms with E-state index in [9.17, 15) is 5.11 Å². The molecule has 0 spiro atoms. The normalized spacial score (nSPS) is 28.2. The van der Waals surface area contributed by atoms with E-state index in [-0.39, 0.29) is 24.4 Å². The van der Waals surface area contributed by atoms with Crippen LogP contribution in [0.15, 0.2) is 18.2 Å². The molecule has 0 aromatic heterocycles. The molecule has 1 aromatic rings. The Kier molecular flexibility index (Phi) is 4.14. The maximum atomic E-state index is 9.38. The van der Waals surface area contributed by atoms with Gasteiger partial charge >= 0.3 is 0 Å². The number of aliphatic hydroxyl groups is 1. The Morgan fingerprint density at radius 3 is 2.95 bits per heavy atom. The number of ether oxygens (including phenoxy) is 2. The lowest BCUT2D eigenvalue weighted by Crippen LogP contribution is -2.55. The second-order valence-corrected chi connectivity index (χ2v) is 7.01. The molecule has 4 nitrogen and oxygen atoms in total.